The number of aryl methyl sites for hydroxylation is 1. The van der Waals surface area contributed by atoms with E-state index in [4.69, 9.17) is 4.98 Å². The van der Waals surface area contributed by atoms with Gasteiger partial charge in [0, 0.05) is 17.2 Å². The minimum Gasteiger partial charge on any atom is -0.294 e. The van der Waals surface area contributed by atoms with E-state index in [-0.39, 0.29) is 5.92 Å². The summed E-state index contributed by atoms with van der Waals surface area (Å²) in [6, 6.07) is 4.09. The molecule has 1 heterocycles. The average molecular weight is 273 g/mol. The molecule has 0 N–H and O–H groups in total. The number of fused-ring (bicyclic) bond motifs is 1. The van der Waals surface area contributed by atoms with Crippen LogP contribution in [0.4, 0.5) is 0 Å². The Morgan fingerprint density at radius 3 is 2.70 bits per heavy atom. The maximum absolute atomic E-state index is 12.4. The maximum Gasteiger partial charge on any atom is 0.167 e. The third-order valence-corrected chi connectivity index (χ3v) is 4.50. The van der Waals surface area contributed by atoms with E-state index in [0.29, 0.717) is 11.7 Å². The number of hydrogen-bond acceptors (Lipinski definition) is 2. The van der Waals surface area contributed by atoms with Crippen LogP contribution in [0.3, 0.4) is 0 Å². The molecule has 2 nitrogen and oxygen atoms in total. The second-order valence-electron chi connectivity index (χ2n) is 6.15. The van der Waals surface area contributed by atoms with Crippen molar-refractivity contribution in [3.63, 3.8) is 0 Å². The van der Waals surface area contributed by atoms with Crippen LogP contribution >= 0.6 is 0 Å². The zero-order valence-corrected chi connectivity index (χ0v) is 13.1. The van der Waals surface area contributed by atoms with Crippen molar-refractivity contribution in [2.24, 2.45) is 5.92 Å². The third-order valence-electron chi connectivity index (χ3n) is 4.50. The lowest BCUT2D eigenvalue weighted by molar-refractivity contribution is 0.0889. The number of aromatic nitrogens is 1. The van der Waals surface area contributed by atoms with Crippen LogP contribution < -0.4 is 0 Å². The van der Waals surface area contributed by atoms with Crippen molar-refractivity contribution in [1.29, 1.82) is 0 Å². The summed E-state index contributed by atoms with van der Waals surface area (Å²) < 4.78 is 0. The molecule has 0 aliphatic heterocycles. The van der Waals surface area contributed by atoms with E-state index in [2.05, 4.69) is 26.8 Å². The molecule has 1 aromatic heterocycles. The summed E-state index contributed by atoms with van der Waals surface area (Å²) in [7, 11) is 0. The fourth-order valence-electron chi connectivity index (χ4n) is 3.19. The first-order valence-electron chi connectivity index (χ1n) is 8.21. The van der Waals surface area contributed by atoms with Crippen molar-refractivity contribution in [1.82, 2.24) is 4.98 Å². The van der Waals surface area contributed by atoms with Crippen molar-refractivity contribution < 1.29 is 4.79 Å². The van der Waals surface area contributed by atoms with Gasteiger partial charge in [0.2, 0.25) is 0 Å². The summed E-state index contributed by atoms with van der Waals surface area (Å²) in [5, 5.41) is 0. The van der Waals surface area contributed by atoms with Gasteiger partial charge in [-0.2, -0.15) is 0 Å². The lowest BCUT2D eigenvalue weighted by atomic mass is 9.78. The first kappa shape index (κ1) is 15.2. The van der Waals surface area contributed by atoms with Crippen LogP contribution in [-0.2, 0) is 6.42 Å². The lowest BCUT2D eigenvalue weighted by Crippen LogP contribution is -2.25. The summed E-state index contributed by atoms with van der Waals surface area (Å²) in [6.07, 6.45) is 8.02. The minimum atomic E-state index is 0.203. The standard InChI is InChI=1S/C18H27NO/c1-4-6-7-8-9-15-10-11-16-17(19-15)13(3)12-14(5-2)18(16)20/h10-11,13-14H,4-9,12H2,1-3H3. The predicted molar refractivity (Wildman–Crippen MR) is 83.2 cm³/mol. The molecule has 0 bridgehead atoms. The van der Waals surface area contributed by atoms with Gasteiger partial charge >= 0.3 is 0 Å². The molecule has 2 unspecified atom stereocenters. The Bertz CT molecular complexity index is 466. The summed E-state index contributed by atoms with van der Waals surface area (Å²) >= 11 is 0. The molecule has 2 atom stereocenters. The molecule has 0 fully saturated rings. The second-order valence-corrected chi connectivity index (χ2v) is 6.15. The van der Waals surface area contributed by atoms with E-state index >= 15 is 0 Å². The number of hydrogen-bond donors (Lipinski definition) is 0. The van der Waals surface area contributed by atoms with E-state index < -0.39 is 0 Å². The Labute approximate surface area is 123 Å². The number of carbonyl (C=O) groups is 1. The molecule has 1 aliphatic carbocycles. The van der Waals surface area contributed by atoms with Crippen LogP contribution in [0.2, 0.25) is 0 Å². The second kappa shape index (κ2) is 7.01. The Balaban J connectivity index is 2.11. The monoisotopic (exact) mass is 273 g/mol. The number of carbonyl (C=O) groups excluding carboxylic acids is 1. The molecule has 2 heteroatoms. The Kier molecular flexibility index (Phi) is 5.33. The van der Waals surface area contributed by atoms with Crippen molar-refractivity contribution in [2.75, 3.05) is 0 Å². The van der Waals surface area contributed by atoms with Gasteiger partial charge in [0.15, 0.2) is 5.78 Å². The van der Waals surface area contributed by atoms with Gasteiger partial charge in [-0.05, 0) is 43.7 Å². The lowest BCUT2D eigenvalue weighted by Gasteiger charge is -2.27. The molecule has 0 amide bonds. The van der Waals surface area contributed by atoms with Gasteiger partial charge in [0.25, 0.3) is 0 Å². The fourth-order valence-corrected chi connectivity index (χ4v) is 3.19. The molecular weight excluding hydrogens is 246 g/mol. The largest absolute Gasteiger partial charge is 0.294 e. The molecular formula is C18H27NO. The highest BCUT2D eigenvalue weighted by Crippen LogP contribution is 2.34. The minimum absolute atomic E-state index is 0.203. The van der Waals surface area contributed by atoms with E-state index in [1.54, 1.807) is 0 Å². The van der Waals surface area contributed by atoms with Crippen LogP contribution in [0, 0.1) is 5.92 Å². The highest BCUT2D eigenvalue weighted by molar-refractivity contribution is 6.00. The molecule has 0 aromatic carbocycles. The van der Waals surface area contributed by atoms with Crippen LogP contribution in [-0.4, -0.2) is 10.8 Å². The van der Waals surface area contributed by atoms with Crippen molar-refractivity contribution in [3.8, 4) is 0 Å². The molecule has 1 aromatic rings. The zero-order chi connectivity index (χ0) is 14.5. The van der Waals surface area contributed by atoms with E-state index in [1.165, 1.54) is 25.7 Å². The van der Waals surface area contributed by atoms with Gasteiger partial charge in [0.1, 0.15) is 0 Å². The van der Waals surface area contributed by atoms with Crippen molar-refractivity contribution in [2.45, 2.75) is 71.6 Å². The number of Topliss-reactive ketones (excluding diaryl/α,β-unsaturated/α-hetero) is 1. The number of ketones is 1. The summed E-state index contributed by atoms with van der Waals surface area (Å²) in [5.74, 6) is 0.934. The van der Waals surface area contributed by atoms with Crippen molar-refractivity contribution >= 4 is 5.78 Å². The molecule has 110 valence electrons. The summed E-state index contributed by atoms with van der Waals surface area (Å²) in [6.45, 7) is 6.55. The molecule has 0 saturated heterocycles. The highest BCUT2D eigenvalue weighted by atomic mass is 16.1. The highest BCUT2D eigenvalue weighted by Gasteiger charge is 2.31. The third kappa shape index (κ3) is 3.28. The first-order chi connectivity index (χ1) is 9.67. The smallest absolute Gasteiger partial charge is 0.167 e. The Morgan fingerprint density at radius 1 is 1.20 bits per heavy atom. The molecule has 2 rings (SSSR count). The maximum atomic E-state index is 12.4. The van der Waals surface area contributed by atoms with Crippen LogP contribution in [0.5, 0.6) is 0 Å². The SMILES string of the molecule is CCCCCCc1ccc2c(n1)C(C)CC(CC)C2=O. The number of pyridine rings is 1. The van der Waals surface area contributed by atoms with Crippen LogP contribution in [0.1, 0.15) is 87.0 Å². The predicted octanol–water partition coefficient (Wildman–Crippen LogP) is 4.92. The number of nitrogens with zero attached hydrogens (tertiary/aromatic N) is 1. The summed E-state index contributed by atoms with van der Waals surface area (Å²) in [5.41, 5.74) is 3.09. The molecule has 0 saturated carbocycles. The quantitative estimate of drug-likeness (QED) is 0.688. The molecule has 20 heavy (non-hydrogen) atoms. The van der Waals surface area contributed by atoms with Gasteiger partial charge in [-0.25, -0.2) is 0 Å². The van der Waals surface area contributed by atoms with Crippen LogP contribution in [0.25, 0.3) is 0 Å². The molecule has 0 radical (unpaired) electrons. The Morgan fingerprint density at radius 2 is 2.00 bits per heavy atom. The Hall–Kier alpha value is -1.18. The van der Waals surface area contributed by atoms with E-state index in [9.17, 15) is 4.79 Å². The average Bonchev–Trinajstić information content (AvgIpc) is 2.47. The normalized spacial score (nSPS) is 21.9. The number of rotatable bonds is 6. The van der Waals surface area contributed by atoms with Gasteiger partial charge in [-0.15, -0.1) is 0 Å². The molecule has 0 spiro atoms. The van der Waals surface area contributed by atoms with Crippen LogP contribution in [0.15, 0.2) is 12.1 Å². The van der Waals surface area contributed by atoms with Gasteiger partial charge in [-0.1, -0.05) is 40.0 Å². The van der Waals surface area contributed by atoms with E-state index in [0.717, 1.165) is 36.2 Å². The first-order valence-corrected chi connectivity index (χ1v) is 8.21. The topological polar surface area (TPSA) is 30.0 Å². The fraction of sp³-hybridized carbons (Fsp3) is 0.667. The van der Waals surface area contributed by atoms with Gasteiger partial charge < -0.3 is 0 Å². The van der Waals surface area contributed by atoms with E-state index in [1.807, 2.05) is 6.07 Å². The zero-order valence-electron chi connectivity index (χ0n) is 13.1. The van der Waals surface area contributed by atoms with Crippen molar-refractivity contribution in [3.05, 3.63) is 29.1 Å². The number of unbranched alkanes of at least 4 members (excludes halogenated alkanes) is 3. The molecule has 1 aliphatic rings. The summed E-state index contributed by atoms with van der Waals surface area (Å²) in [4.78, 5) is 17.2. The van der Waals surface area contributed by atoms with Gasteiger partial charge in [0.05, 0.1) is 5.69 Å². The van der Waals surface area contributed by atoms with Gasteiger partial charge in [-0.3, -0.25) is 9.78 Å².